The maximum absolute atomic E-state index is 12.0. The lowest BCUT2D eigenvalue weighted by Gasteiger charge is -2.12. The van der Waals surface area contributed by atoms with Gasteiger partial charge in [-0.1, -0.05) is 0 Å². The molecule has 0 fully saturated rings. The first kappa shape index (κ1) is 13.6. The van der Waals surface area contributed by atoms with Crippen molar-refractivity contribution in [1.82, 2.24) is 0 Å². The zero-order chi connectivity index (χ0) is 12.9. The van der Waals surface area contributed by atoms with Crippen molar-refractivity contribution in [3.05, 3.63) is 23.8 Å². The fourth-order valence-corrected chi connectivity index (χ4v) is 1.44. The van der Waals surface area contributed by atoms with Gasteiger partial charge in [-0.3, -0.25) is 0 Å². The minimum absolute atomic E-state index is 0.245. The van der Waals surface area contributed by atoms with Gasteiger partial charge < -0.3 is 15.2 Å². The van der Waals surface area contributed by atoms with Crippen molar-refractivity contribution < 1.29 is 22.6 Å². The lowest BCUT2D eigenvalue weighted by Crippen LogP contribution is -2.17. The van der Waals surface area contributed by atoms with E-state index in [9.17, 15) is 13.2 Å². The standard InChI is InChI=1S/C11H14F3NO2/c1-16-10-5-4-9(17-11(12,13)14)7-8(10)3-2-6-15/h4-5,7H,2-3,6,15H2,1H3. The highest BCUT2D eigenvalue weighted by molar-refractivity contribution is 5.40. The van der Waals surface area contributed by atoms with Gasteiger partial charge in [0.25, 0.3) is 0 Å². The quantitative estimate of drug-likeness (QED) is 0.871. The van der Waals surface area contributed by atoms with Crippen molar-refractivity contribution >= 4 is 0 Å². The number of alkyl halides is 3. The number of rotatable bonds is 5. The van der Waals surface area contributed by atoms with Crippen LogP contribution >= 0.6 is 0 Å². The maximum atomic E-state index is 12.0. The molecule has 0 heterocycles. The lowest BCUT2D eigenvalue weighted by molar-refractivity contribution is -0.274. The monoisotopic (exact) mass is 249 g/mol. The Morgan fingerprint density at radius 2 is 2.00 bits per heavy atom. The molecule has 1 aromatic carbocycles. The van der Waals surface area contributed by atoms with Gasteiger partial charge in [-0.25, -0.2) is 0 Å². The highest BCUT2D eigenvalue weighted by Crippen LogP contribution is 2.28. The van der Waals surface area contributed by atoms with Gasteiger partial charge in [0.1, 0.15) is 11.5 Å². The molecule has 3 nitrogen and oxygen atoms in total. The molecule has 0 bridgehead atoms. The first-order valence-electron chi connectivity index (χ1n) is 5.09. The van der Waals surface area contributed by atoms with Crippen molar-refractivity contribution in [1.29, 1.82) is 0 Å². The van der Waals surface area contributed by atoms with Gasteiger partial charge in [0.05, 0.1) is 7.11 Å². The van der Waals surface area contributed by atoms with E-state index in [1.807, 2.05) is 0 Å². The Balaban J connectivity index is 2.88. The predicted molar refractivity (Wildman–Crippen MR) is 57.1 cm³/mol. The fourth-order valence-electron chi connectivity index (χ4n) is 1.44. The van der Waals surface area contributed by atoms with E-state index in [-0.39, 0.29) is 5.75 Å². The van der Waals surface area contributed by atoms with E-state index >= 15 is 0 Å². The smallest absolute Gasteiger partial charge is 0.496 e. The van der Waals surface area contributed by atoms with Crippen LogP contribution in [0.4, 0.5) is 13.2 Å². The van der Waals surface area contributed by atoms with Crippen LogP contribution in [-0.2, 0) is 6.42 Å². The average Bonchev–Trinajstić information content (AvgIpc) is 2.24. The molecular formula is C11H14F3NO2. The number of aryl methyl sites for hydroxylation is 1. The van der Waals surface area contributed by atoms with Crippen LogP contribution in [0.2, 0.25) is 0 Å². The Morgan fingerprint density at radius 3 is 2.53 bits per heavy atom. The molecule has 17 heavy (non-hydrogen) atoms. The summed E-state index contributed by atoms with van der Waals surface area (Å²) in [6.45, 7) is 0.466. The summed E-state index contributed by atoms with van der Waals surface area (Å²) in [4.78, 5) is 0. The molecule has 6 heteroatoms. The van der Waals surface area contributed by atoms with Gasteiger partial charge in [0.15, 0.2) is 0 Å². The topological polar surface area (TPSA) is 44.5 Å². The molecule has 1 aromatic rings. The normalized spacial score (nSPS) is 11.4. The van der Waals surface area contributed by atoms with Crippen LogP contribution < -0.4 is 15.2 Å². The van der Waals surface area contributed by atoms with Crippen LogP contribution in [0.15, 0.2) is 18.2 Å². The zero-order valence-corrected chi connectivity index (χ0v) is 9.38. The summed E-state index contributed by atoms with van der Waals surface area (Å²) in [6.07, 6.45) is -3.46. The van der Waals surface area contributed by atoms with Gasteiger partial charge in [0, 0.05) is 0 Å². The minimum atomic E-state index is -4.68. The Bertz CT molecular complexity index is 366. The van der Waals surface area contributed by atoms with Crippen molar-refractivity contribution in [2.24, 2.45) is 5.73 Å². The van der Waals surface area contributed by atoms with Crippen LogP contribution in [0.3, 0.4) is 0 Å². The van der Waals surface area contributed by atoms with E-state index in [2.05, 4.69) is 4.74 Å². The number of hydrogen-bond acceptors (Lipinski definition) is 3. The average molecular weight is 249 g/mol. The van der Waals surface area contributed by atoms with E-state index in [0.29, 0.717) is 30.7 Å². The Morgan fingerprint density at radius 1 is 1.29 bits per heavy atom. The van der Waals surface area contributed by atoms with E-state index in [1.165, 1.54) is 25.3 Å². The van der Waals surface area contributed by atoms with Gasteiger partial charge in [0.2, 0.25) is 0 Å². The molecule has 0 aliphatic heterocycles. The van der Waals surface area contributed by atoms with Gasteiger partial charge in [-0.2, -0.15) is 0 Å². The molecule has 2 N–H and O–H groups in total. The fraction of sp³-hybridized carbons (Fsp3) is 0.455. The van der Waals surface area contributed by atoms with Crippen LogP contribution in [0.1, 0.15) is 12.0 Å². The second-order valence-electron chi connectivity index (χ2n) is 3.41. The van der Waals surface area contributed by atoms with Crippen LogP contribution in [-0.4, -0.2) is 20.0 Å². The first-order chi connectivity index (χ1) is 7.96. The minimum Gasteiger partial charge on any atom is -0.496 e. The molecule has 0 aliphatic carbocycles. The molecule has 0 radical (unpaired) electrons. The summed E-state index contributed by atoms with van der Waals surface area (Å²) in [5.74, 6) is 0.290. The lowest BCUT2D eigenvalue weighted by atomic mass is 10.1. The summed E-state index contributed by atoms with van der Waals surface area (Å²) in [5, 5.41) is 0. The summed E-state index contributed by atoms with van der Waals surface area (Å²) >= 11 is 0. The van der Waals surface area contributed by atoms with Crippen molar-refractivity contribution in [2.75, 3.05) is 13.7 Å². The molecule has 0 atom stereocenters. The summed E-state index contributed by atoms with van der Waals surface area (Å²) < 4.78 is 45.0. The third-order valence-electron chi connectivity index (χ3n) is 2.14. The highest BCUT2D eigenvalue weighted by Gasteiger charge is 2.31. The number of hydrogen-bond donors (Lipinski definition) is 1. The van der Waals surface area contributed by atoms with Gasteiger partial charge in [-0.15, -0.1) is 13.2 Å². The molecular weight excluding hydrogens is 235 g/mol. The van der Waals surface area contributed by atoms with Crippen molar-refractivity contribution in [2.45, 2.75) is 19.2 Å². The second kappa shape index (κ2) is 5.77. The molecule has 0 unspecified atom stereocenters. The predicted octanol–water partition coefficient (Wildman–Crippen LogP) is 2.49. The van der Waals surface area contributed by atoms with Gasteiger partial charge in [-0.05, 0) is 43.1 Å². The third kappa shape index (κ3) is 4.52. The largest absolute Gasteiger partial charge is 0.573 e. The Kier molecular flexibility index (Phi) is 4.62. The SMILES string of the molecule is COc1ccc(OC(F)(F)F)cc1CCCN. The number of ether oxygens (including phenoxy) is 2. The van der Waals surface area contributed by atoms with Gasteiger partial charge >= 0.3 is 6.36 Å². The summed E-state index contributed by atoms with van der Waals surface area (Å²) in [6, 6.07) is 3.99. The maximum Gasteiger partial charge on any atom is 0.573 e. The number of methoxy groups -OCH3 is 1. The second-order valence-corrected chi connectivity index (χ2v) is 3.41. The summed E-state index contributed by atoms with van der Waals surface area (Å²) in [7, 11) is 1.46. The highest BCUT2D eigenvalue weighted by atomic mass is 19.4. The van der Waals surface area contributed by atoms with Crippen molar-refractivity contribution in [3.8, 4) is 11.5 Å². The number of nitrogens with two attached hydrogens (primary N) is 1. The molecule has 0 aliphatic rings. The van der Waals surface area contributed by atoms with Crippen LogP contribution in [0.25, 0.3) is 0 Å². The van der Waals surface area contributed by atoms with Crippen LogP contribution in [0.5, 0.6) is 11.5 Å². The molecule has 0 saturated heterocycles. The number of benzene rings is 1. The van der Waals surface area contributed by atoms with E-state index in [4.69, 9.17) is 10.5 Å². The summed E-state index contributed by atoms with van der Waals surface area (Å²) in [5.41, 5.74) is 6.01. The van der Waals surface area contributed by atoms with E-state index < -0.39 is 6.36 Å². The molecule has 0 saturated carbocycles. The third-order valence-corrected chi connectivity index (χ3v) is 2.14. The number of halogens is 3. The Hall–Kier alpha value is -1.43. The Labute approximate surface area is 97.3 Å². The molecule has 0 amide bonds. The van der Waals surface area contributed by atoms with Crippen LogP contribution in [0, 0.1) is 0 Å². The molecule has 1 rings (SSSR count). The van der Waals surface area contributed by atoms with Crippen molar-refractivity contribution in [3.63, 3.8) is 0 Å². The molecule has 0 aromatic heterocycles. The van der Waals surface area contributed by atoms with E-state index in [1.54, 1.807) is 0 Å². The first-order valence-corrected chi connectivity index (χ1v) is 5.09. The molecule has 96 valence electrons. The van der Waals surface area contributed by atoms with E-state index in [0.717, 1.165) is 0 Å². The zero-order valence-electron chi connectivity index (χ0n) is 9.38. The molecule has 0 spiro atoms.